The first-order chi connectivity index (χ1) is 14.8. The van der Waals surface area contributed by atoms with Crippen molar-refractivity contribution >= 4 is 27.2 Å². The predicted molar refractivity (Wildman–Crippen MR) is 120 cm³/mol. The van der Waals surface area contributed by atoms with Crippen LogP contribution in [0.25, 0.3) is 27.3 Å². The Bertz CT molecular complexity index is 1430. The molecule has 2 aromatic carbocycles. The van der Waals surface area contributed by atoms with Crippen molar-refractivity contribution < 1.29 is 0 Å². The molecule has 5 aromatic rings. The van der Waals surface area contributed by atoms with Crippen LogP contribution in [0.5, 0.6) is 0 Å². The molecule has 0 amide bonds. The number of benzene rings is 2. The Kier molecular flexibility index (Phi) is 4.06. The quantitative estimate of drug-likeness (QED) is 0.437. The van der Waals surface area contributed by atoms with Crippen molar-refractivity contribution in [3.63, 3.8) is 0 Å². The summed E-state index contributed by atoms with van der Waals surface area (Å²) in [5.74, 6) is 0.604. The summed E-state index contributed by atoms with van der Waals surface area (Å²) < 4.78 is 3.42. The number of nitrogens with zero attached hydrogens (tertiary/aromatic N) is 4. The molecule has 0 fully saturated rings. The van der Waals surface area contributed by atoms with E-state index in [-0.39, 0.29) is 5.69 Å². The van der Waals surface area contributed by atoms with Crippen molar-refractivity contribution in [3.05, 3.63) is 87.2 Å². The SMILES string of the molecule is O=c1n(CCc2ccccc2)c2sc3c(c2c2nc(-c4ccccc4)nn12)CCC3. The van der Waals surface area contributed by atoms with Gasteiger partial charge >= 0.3 is 5.69 Å². The maximum Gasteiger partial charge on any atom is 0.351 e. The molecule has 3 heterocycles. The average molecular weight is 413 g/mol. The molecule has 1 aliphatic rings. The Morgan fingerprint density at radius 2 is 1.73 bits per heavy atom. The largest absolute Gasteiger partial charge is 0.351 e. The molecular weight excluding hydrogens is 392 g/mol. The fraction of sp³-hybridized carbons (Fsp3) is 0.208. The highest BCUT2D eigenvalue weighted by Gasteiger charge is 2.25. The monoisotopic (exact) mass is 412 g/mol. The van der Waals surface area contributed by atoms with E-state index in [0.29, 0.717) is 18.0 Å². The van der Waals surface area contributed by atoms with E-state index < -0.39 is 0 Å². The van der Waals surface area contributed by atoms with E-state index in [9.17, 15) is 4.79 Å². The van der Waals surface area contributed by atoms with Crippen LogP contribution < -0.4 is 5.69 Å². The van der Waals surface area contributed by atoms with Gasteiger partial charge in [-0.05, 0) is 36.8 Å². The van der Waals surface area contributed by atoms with Crippen LogP contribution in [0, 0.1) is 0 Å². The molecular formula is C24H20N4OS. The smallest absolute Gasteiger partial charge is 0.283 e. The van der Waals surface area contributed by atoms with Crippen LogP contribution in [0.2, 0.25) is 0 Å². The molecule has 0 radical (unpaired) electrons. The minimum atomic E-state index is -0.108. The van der Waals surface area contributed by atoms with Gasteiger partial charge in [-0.1, -0.05) is 60.7 Å². The highest BCUT2D eigenvalue weighted by molar-refractivity contribution is 7.19. The lowest BCUT2D eigenvalue weighted by atomic mass is 10.1. The molecule has 0 saturated heterocycles. The first kappa shape index (κ1) is 17.6. The van der Waals surface area contributed by atoms with Gasteiger partial charge in [-0.2, -0.15) is 4.52 Å². The fourth-order valence-electron chi connectivity index (χ4n) is 4.41. The summed E-state index contributed by atoms with van der Waals surface area (Å²) in [6.07, 6.45) is 4.12. The lowest BCUT2D eigenvalue weighted by molar-refractivity contribution is 0.654. The molecule has 0 spiro atoms. The minimum absolute atomic E-state index is 0.108. The number of hydrogen-bond acceptors (Lipinski definition) is 4. The second-order valence-corrected chi connectivity index (χ2v) is 8.83. The zero-order chi connectivity index (χ0) is 20.1. The van der Waals surface area contributed by atoms with Crippen molar-refractivity contribution in [3.8, 4) is 11.4 Å². The van der Waals surface area contributed by atoms with E-state index in [1.165, 1.54) is 26.9 Å². The lowest BCUT2D eigenvalue weighted by Gasteiger charge is -2.09. The summed E-state index contributed by atoms with van der Waals surface area (Å²) in [6, 6.07) is 20.2. The molecule has 148 valence electrons. The van der Waals surface area contributed by atoms with E-state index >= 15 is 0 Å². The normalized spacial score (nSPS) is 13.3. The maximum absolute atomic E-state index is 13.5. The summed E-state index contributed by atoms with van der Waals surface area (Å²) in [5.41, 5.74) is 4.11. The van der Waals surface area contributed by atoms with Gasteiger partial charge in [0.1, 0.15) is 4.83 Å². The van der Waals surface area contributed by atoms with Gasteiger partial charge in [0.25, 0.3) is 0 Å². The molecule has 0 aliphatic heterocycles. The number of hydrogen-bond donors (Lipinski definition) is 0. The van der Waals surface area contributed by atoms with Gasteiger partial charge in [0.2, 0.25) is 0 Å². The van der Waals surface area contributed by atoms with Gasteiger partial charge in [0.05, 0.1) is 5.39 Å². The van der Waals surface area contributed by atoms with Crippen molar-refractivity contribution in [1.29, 1.82) is 0 Å². The molecule has 0 saturated carbocycles. The third-order valence-corrected chi connectivity index (χ3v) is 7.20. The van der Waals surface area contributed by atoms with E-state index in [4.69, 9.17) is 4.98 Å². The summed E-state index contributed by atoms with van der Waals surface area (Å²) in [6.45, 7) is 0.634. The van der Waals surface area contributed by atoms with Crippen LogP contribution in [0.4, 0.5) is 0 Å². The molecule has 0 unspecified atom stereocenters. The van der Waals surface area contributed by atoms with E-state index in [1.807, 2.05) is 53.1 Å². The minimum Gasteiger partial charge on any atom is -0.283 e. The van der Waals surface area contributed by atoms with E-state index in [1.54, 1.807) is 11.3 Å². The number of aryl methyl sites for hydroxylation is 4. The zero-order valence-electron chi connectivity index (χ0n) is 16.4. The average Bonchev–Trinajstić information content (AvgIpc) is 3.49. The molecule has 0 bridgehead atoms. The fourth-order valence-corrected chi connectivity index (χ4v) is 5.81. The number of thiophene rings is 1. The van der Waals surface area contributed by atoms with Gasteiger partial charge in [0, 0.05) is 17.0 Å². The maximum atomic E-state index is 13.5. The number of fused-ring (bicyclic) bond motifs is 5. The third-order valence-electron chi connectivity index (χ3n) is 5.89. The van der Waals surface area contributed by atoms with E-state index in [2.05, 4.69) is 17.2 Å². The summed E-state index contributed by atoms with van der Waals surface area (Å²) in [7, 11) is 0. The first-order valence-electron chi connectivity index (χ1n) is 10.3. The van der Waals surface area contributed by atoms with Crippen LogP contribution in [-0.4, -0.2) is 19.2 Å². The van der Waals surface area contributed by atoms with Crippen LogP contribution >= 0.6 is 11.3 Å². The first-order valence-corrected chi connectivity index (χ1v) is 11.1. The van der Waals surface area contributed by atoms with Crippen LogP contribution in [0.15, 0.2) is 65.5 Å². The predicted octanol–water partition coefficient (Wildman–Crippen LogP) is 4.50. The second-order valence-electron chi connectivity index (χ2n) is 7.74. The van der Waals surface area contributed by atoms with Crippen LogP contribution in [-0.2, 0) is 25.8 Å². The Morgan fingerprint density at radius 1 is 0.967 bits per heavy atom. The standard InChI is InChI=1S/C24H20N4OS/c29-24-27(15-14-16-8-3-1-4-9-16)23-20(18-12-7-13-19(18)30-23)22-25-21(26-28(22)24)17-10-5-2-6-11-17/h1-6,8-11H,7,12-15H2. The summed E-state index contributed by atoms with van der Waals surface area (Å²) >= 11 is 1.76. The Hall–Kier alpha value is -3.25. The van der Waals surface area contributed by atoms with Gasteiger partial charge < -0.3 is 0 Å². The van der Waals surface area contributed by atoms with Gasteiger partial charge in [-0.3, -0.25) is 4.57 Å². The lowest BCUT2D eigenvalue weighted by Crippen LogP contribution is -2.28. The highest BCUT2D eigenvalue weighted by Crippen LogP contribution is 2.38. The van der Waals surface area contributed by atoms with Crippen LogP contribution in [0.3, 0.4) is 0 Å². The summed E-state index contributed by atoms with van der Waals surface area (Å²) in [5, 5.41) is 5.75. The van der Waals surface area contributed by atoms with Crippen molar-refractivity contribution in [2.75, 3.05) is 0 Å². The molecule has 1 aliphatic carbocycles. The van der Waals surface area contributed by atoms with Crippen molar-refractivity contribution in [2.24, 2.45) is 0 Å². The molecule has 6 rings (SSSR count). The van der Waals surface area contributed by atoms with Crippen molar-refractivity contribution in [1.82, 2.24) is 19.2 Å². The highest BCUT2D eigenvalue weighted by atomic mass is 32.1. The van der Waals surface area contributed by atoms with Crippen LogP contribution in [0.1, 0.15) is 22.4 Å². The molecule has 5 nitrogen and oxygen atoms in total. The molecule has 6 heteroatoms. The number of rotatable bonds is 4. The Balaban J connectivity index is 1.58. The summed E-state index contributed by atoms with van der Waals surface area (Å²) in [4.78, 5) is 20.7. The Labute approximate surface area is 177 Å². The Morgan fingerprint density at radius 3 is 2.53 bits per heavy atom. The van der Waals surface area contributed by atoms with Crippen molar-refractivity contribution in [2.45, 2.75) is 32.2 Å². The number of aromatic nitrogens is 4. The van der Waals surface area contributed by atoms with Gasteiger partial charge in [0.15, 0.2) is 11.5 Å². The molecule has 0 N–H and O–H groups in total. The molecule has 30 heavy (non-hydrogen) atoms. The topological polar surface area (TPSA) is 52.2 Å². The van der Waals surface area contributed by atoms with Gasteiger partial charge in [-0.25, -0.2) is 9.78 Å². The van der Waals surface area contributed by atoms with E-state index in [0.717, 1.165) is 35.0 Å². The van der Waals surface area contributed by atoms with Gasteiger partial charge in [-0.15, -0.1) is 16.4 Å². The molecule has 0 atom stereocenters. The molecule has 3 aromatic heterocycles. The zero-order valence-corrected chi connectivity index (χ0v) is 17.2. The third kappa shape index (κ3) is 2.71. The second kappa shape index (κ2) is 6.92.